The molecule has 0 aliphatic heterocycles. The minimum Gasteiger partial charge on any atom is -0.505 e. The van der Waals surface area contributed by atoms with E-state index < -0.39 is 7.82 Å². The summed E-state index contributed by atoms with van der Waals surface area (Å²) in [6.45, 7) is 3.09. The van der Waals surface area contributed by atoms with E-state index in [9.17, 15) is 9.67 Å². The van der Waals surface area contributed by atoms with Gasteiger partial charge in [0.2, 0.25) is 0 Å². The summed E-state index contributed by atoms with van der Waals surface area (Å²) in [7, 11) is -4.53. The second kappa shape index (κ2) is 5.42. The third-order valence-corrected chi connectivity index (χ3v) is 2.54. The minimum absolute atomic E-state index is 0.0186. The van der Waals surface area contributed by atoms with E-state index in [-0.39, 0.29) is 12.4 Å². The maximum absolute atomic E-state index is 10.6. The minimum atomic E-state index is -4.53. The SMILES string of the molecule is CC=Cc1c(COP(=O)(O)O)cnc(C)c1O. The van der Waals surface area contributed by atoms with Crippen molar-refractivity contribution < 1.29 is 24.0 Å². The molecule has 0 fully saturated rings. The Hall–Kier alpha value is -1.20. The van der Waals surface area contributed by atoms with E-state index in [0.29, 0.717) is 16.8 Å². The number of hydrogen-bond donors (Lipinski definition) is 3. The summed E-state index contributed by atoms with van der Waals surface area (Å²) in [4.78, 5) is 21.1. The fourth-order valence-electron chi connectivity index (χ4n) is 1.27. The number of rotatable bonds is 4. The van der Waals surface area contributed by atoms with Gasteiger partial charge in [0.05, 0.1) is 12.3 Å². The van der Waals surface area contributed by atoms with Crippen LogP contribution in [0.1, 0.15) is 23.7 Å². The van der Waals surface area contributed by atoms with Gasteiger partial charge < -0.3 is 14.9 Å². The van der Waals surface area contributed by atoms with Gasteiger partial charge in [-0.2, -0.15) is 0 Å². The largest absolute Gasteiger partial charge is 0.505 e. The number of aryl methyl sites for hydroxylation is 1. The molecule has 3 N–H and O–H groups in total. The monoisotopic (exact) mass is 259 g/mol. The molecule has 1 rings (SSSR count). The summed E-state index contributed by atoms with van der Waals surface area (Å²) in [6, 6.07) is 0. The molecule has 6 nitrogen and oxygen atoms in total. The number of phosphoric ester groups is 1. The highest BCUT2D eigenvalue weighted by atomic mass is 31.2. The van der Waals surface area contributed by atoms with Gasteiger partial charge in [0.25, 0.3) is 0 Å². The van der Waals surface area contributed by atoms with Crippen molar-refractivity contribution in [2.75, 3.05) is 0 Å². The smallest absolute Gasteiger partial charge is 0.469 e. The van der Waals surface area contributed by atoms with E-state index in [1.54, 1.807) is 26.0 Å². The molecule has 94 valence electrons. The fourth-order valence-corrected chi connectivity index (χ4v) is 1.58. The molecule has 0 unspecified atom stereocenters. The van der Waals surface area contributed by atoms with Crippen molar-refractivity contribution >= 4 is 13.9 Å². The van der Waals surface area contributed by atoms with Gasteiger partial charge in [0.15, 0.2) is 0 Å². The van der Waals surface area contributed by atoms with Crippen LogP contribution in [0.15, 0.2) is 12.3 Å². The first kappa shape index (κ1) is 13.9. The number of allylic oxidation sites excluding steroid dienone is 1. The molecule has 0 spiro atoms. The highest BCUT2D eigenvalue weighted by Crippen LogP contribution is 2.38. The van der Waals surface area contributed by atoms with Gasteiger partial charge in [-0.1, -0.05) is 12.2 Å². The highest BCUT2D eigenvalue weighted by molar-refractivity contribution is 7.46. The Morgan fingerprint density at radius 1 is 1.53 bits per heavy atom. The van der Waals surface area contributed by atoms with Crippen LogP contribution in [0.25, 0.3) is 6.08 Å². The molecule has 0 radical (unpaired) electrons. The van der Waals surface area contributed by atoms with Gasteiger partial charge in [-0.05, 0) is 13.8 Å². The Balaban J connectivity index is 3.07. The van der Waals surface area contributed by atoms with E-state index in [2.05, 4.69) is 9.51 Å². The molecular formula is C10H14NO5P. The van der Waals surface area contributed by atoms with E-state index in [1.807, 2.05) is 0 Å². The van der Waals surface area contributed by atoms with Crippen LogP contribution in [0.5, 0.6) is 5.75 Å². The van der Waals surface area contributed by atoms with Crippen LogP contribution in [-0.4, -0.2) is 19.9 Å². The predicted molar refractivity (Wildman–Crippen MR) is 62.2 cm³/mol. The summed E-state index contributed by atoms with van der Waals surface area (Å²) < 4.78 is 15.0. The van der Waals surface area contributed by atoms with Crippen molar-refractivity contribution in [2.45, 2.75) is 20.5 Å². The first-order chi connectivity index (χ1) is 7.85. The van der Waals surface area contributed by atoms with Crippen LogP contribution in [0.4, 0.5) is 0 Å². The summed E-state index contributed by atoms with van der Waals surface area (Å²) >= 11 is 0. The zero-order valence-electron chi connectivity index (χ0n) is 9.49. The molecule has 0 saturated carbocycles. The van der Waals surface area contributed by atoms with Crippen LogP contribution in [0, 0.1) is 6.92 Å². The van der Waals surface area contributed by atoms with E-state index in [0.717, 1.165) is 0 Å². The lowest BCUT2D eigenvalue weighted by molar-refractivity contribution is 0.188. The molecule has 1 aromatic rings. The molecule has 0 bridgehead atoms. The van der Waals surface area contributed by atoms with Gasteiger partial charge in [-0.3, -0.25) is 9.51 Å². The molecular weight excluding hydrogens is 245 g/mol. The molecule has 0 atom stereocenters. The van der Waals surface area contributed by atoms with Crippen molar-refractivity contribution in [1.82, 2.24) is 4.98 Å². The van der Waals surface area contributed by atoms with Crippen molar-refractivity contribution in [3.63, 3.8) is 0 Å². The van der Waals surface area contributed by atoms with Gasteiger partial charge in [-0.25, -0.2) is 4.57 Å². The molecule has 0 aromatic carbocycles. The van der Waals surface area contributed by atoms with E-state index in [1.165, 1.54) is 6.20 Å². The first-order valence-electron chi connectivity index (χ1n) is 4.85. The van der Waals surface area contributed by atoms with Crippen LogP contribution in [0.3, 0.4) is 0 Å². The average Bonchev–Trinajstić information content (AvgIpc) is 2.23. The topological polar surface area (TPSA) is 99.9 Å². The highest BCUT2D eigenvalue weighted by Gasteiger charge is 2.16. The summed E-state index contributed by atoms with van der Waals surface area (Å²) in [5.74, 6) is -0.0186. The van der Waals surface area contributed by atoms with Crippen molar-refractivity contribution in [1.29, 1.82) is 0 Å². The Labute approximate surface area is 98.8 Å². The first-order valence-corrected chi connectivity index (χ1v) is 6.38. The second-order valence-electron chi connectivity index (χ2n) is 3.40. The summed E-state index contributed by atoms with van der Waals surface area (Å²) in [5.41, 5.74) is 1.31. The normalized spacial score (nSPS) is 12.2. The molecule has 0 saturated heterocycles. The molecule has 0 aliphatic carbocycles. The van der Waals surface area contributed by atoms with Gasteiger partial charge in [0.1, 0.15) is 5.75 Å². The predicted octanol–water partition coefficient (Wildman–Crippen LogP) is 1.74. The van der Waals surface area contributed by atoms with E-state index in [4.69, 9.17) is 9.79 Å². The quantitative estimate of drug-likeness (QED) is 0.712. The standard InChI is InChI=1S/C10H14NO5P/c1-3-4-9-8(6-16-17(13,14)15)5-11-7(2)10(9)12/h3-5,12H,6H2,1-2H3,(H2,13,14,15). The molecule has 0 amide bonds. The molecule has 7 heteroatoms. The maximum atomic E-state index is 10.6. The molecule has 17 heavy (non-hydrogen) atoms. The number of phosphoric acid groups is 1. The Bertz CT molecular complexity index is 480. The Kier molecular flexibility index (Phi) is 4.42. The number of nitrogens with zero attached hydrogens (tertiary/aromatic N) is 1. The number of aromatic hydroxyl groups is 1. The van der Waals surface area contributed by atoms with Crippen molar-refractivity contribution in [3.8, 4) is 5.75 Å². The lowest BCUT2D eigenvalue weighted by atomic mass is 10.1. The lowest BCUT2D eigenvalue weighted by Gasteiger charge is -2.10. The molecule has 0 aliphatic rings. The zero-order chi connectivity index (χ0) is 13.1. The van der Waals surface area contributed by atoms with Crippen LogP contribution >= 0.6 is 7.82 Å². The van der Waals surface area contributed by atoms with Crippen molar-refractivity contribution in [3.05, 3.63) is 29.1 Å². The van der Waals surface area contributed by atoms with Gasteiger partial charge in [-0.15, -0.1) is 0 Å². The number of aromatic nitrogens is 1. The Morgan fingerprint density at radius 3 is 2.71 bits per heavy atom. The van der Waals surface area contributed by atoms with Crippen LogP contribution < -0.4 is 0 Å². The van der Waals surface area contributed by atoms with E-state index >= 15 is 0 Å². The third-order valence-electron chi connectivity index (χ3n) is 2.08. The lowest BCUT2D eigenvalue weighted by Crippen LogP contribution is -1.97. The number of hydrogen-bond acceptors (Lipinski definition) is 4. The van der Waals surface area contributed by atoms with Gasteiger partial charge in [0, 0.05) is 17.3 Å². The second-order valence-corrected chi connectivity index (χ2v) is 4.63. The fraction of sp³-hybridized carbons (Fsp3) is 0.300. The Morgan fingerprint density at radius 2 is 2.18 bits per heavy atom. The van der Waals surface area contributed by atoms with Crippen LogP contribution in [-0.2, 0) is 15.7 Å². The number of pyridine rings is 1. The summed E-state index contributed by atoms with van der Waals surface area (Å²) in [6.07, 6.45) is 4.75. The van der Waals surface area contributed by atoms with Crippen LogP contribution in [0.2, 0.25) is 0 Å². The summed E-state index contributed by atoms with van der Waals surface area (Å²) in [5, 5.41) is 9.78. The molecule has 1 aromatic heterocycles. The maximum Gasteiger partial charge on any atom is 0.469 e. The van der Waals surface area contributed by atoms with Gasteiger partial charge >= 0.3 is 7.82 Å². The third kappa shape index (κ3) is 3.94. The molecule has 1 heterocycles. The average molecular weight is 259 g/mol. The zero-order valence-corrected chi connectivity index (χ0v) is 10.4. The van der Waals surface area contributed by atoms with Crippen molar-refractivity contribution in [2.24, 2.45) is 0 Å².